The van der Waals surface area contributed by atoms with Crippen molar-refractivity contribution < 1.29 is 24.1 Å². The Balaban J connectivity index is 1.02. The van der Waals surface area contributed by atoms with Crippen molar-refractivity contribution >= 4 is 29.1 Å². The maximum atomic E-state index is 11.1. The summed E-state index contributed by atoms with van der Waals surface area (Å²) in [5.41, 5.74) is 12.0. The van der Waals surface area contributed by atoms with E-state index in [1.807, 2.05) is 36.4 Å². The zero-order chi connectivity index (χ0) is 38.4. The smallest absolute Gasteiger partial charge is 0.217 e. The Labute approximate surface area is 332 Å². The number of likely N-dealkylation sites (tertiary alicyclic amines) is 1. The summed E-state index contributed by atoms with van der Waals surface area (Å²) >= 11 is 13.9. The summed E-state index contributed by atoms with van der Waals surface area (Å²) < 4.78 is 19.2. The number of ether oxygens (including phenoxy) is 3. The minimum Gasteiger partial charge on any atom is -0.492 e. The number of amides is 1. The first kappa shape index (κ1) is 38.9. The summed E-state index contributed by atoms with van der Waals surface area (Å²) in [4.78, 5) is 17.7. The third kappa shape index (κ3) is 9.37. The zero-order valence-electron chi connectivity index (χ0n) is 30.9. The minimum atomic E-state index is -0.300. The molecule has 7 rings (SSSR count). The third-order valence-corrected chi connectivity index (χ3v) is 11.5. The van der Waals surface area contributed by atoms with Gasteiger partial charge in [0, 0.05) is 73.2 Å². The van der Waals surface area contributed by atoms with Gasteiger partial charge >= 0.3 is 0 Å². The first-order valence-electron chi connectivity index (χ1n) is 19.1. The van der Waals surface area contributed by atoms with Crippen LogP contribution in [-0.4, -0.2) is 59.8 Å². The van der Waals surface area contributed by atoms with Gasteiger partial charge in [-0.1, -0.05) is 53.5 Å². The molecule has 1 saturated carbocycles. The van der Waals surface area contributed by atoms with Crippen LogP contribution in [0, 0.1) is 16.7 Å². The molecule has 1 spiro atoms. The van der Waals surface area contributed by atoms with Crippen LogP contribution in [0.25, 0.3) is 11.1 Å². The number of nitriles is 1. The molecule has 3 aromatic carbocycles. The van der Waals surface area contributed by atoms with Gasteiger partial charge in [-0.25, -0.2) is 0 Å². The van der Waals surface area contributed by atoms with Crippen molar-refractivity contribution in [3.05, 3.63) is 105 Å². The molecular weight excluding hydrogens is 737 g/mol. The second-order valence-corrected chi connectivity index (χ2v) is 15.9. The number of carbonyl (C=O) groups is 1. The van der Waals surface area contributed by atoms with Crippen LogP contribution >= 0.6 is 23.2 Å². The highest BCUT2D eigenvalue weighted by molar-refractivity contribution is 6.35. The predicted octanol–water partition coefficient (Wildman–Crippen LogP) is 7.54. The van der Waals surface area contributed by atoms with Gasteiger partial charge in [-0.2, -0.15) is 5.26 Å². The molecule has 1 saturated heterocycles. The van der Waals surface area contributed by atoms with Gasteiger partial charge in [0.05, 0.1) is 28.3 Å². The Morgan fingerprint density at radius 2 is 1.84 bits per heavy atom. The quantitative estimate of drug-likeness (QED) is 0.0873. The third-order valence-electron chi connectivity index (χ3n) is 10.8. The number of aliphatic hydroxyl groups is 1. The SMILES string of the molecule is N#Cc1cncc(COc2cc(O[C@H]3CCc4c(-c5cccc(OCCCN6CC7(CC(O)C7)C6)c5Cl)cccc43)c(Cl)cc2CNCCCCC(N)=O)c1. The molecule has 288 valence electrons. The Bertz CT molecular complexity index is 2040. The number of unbranched alkanes of at least 4 members (excludes halogenated alkanes) is 1. The normalized spacial score (nSPS) is 17.2. The van der Waals surface area contributed by atoms with Crippen molar-refractivity contribution in [2.24, 2.45) is 11.1 Å². The molecule has 4 aromatic rings. The number of aliphatic hydroxyl groups excluding tert-OH is 1. The standard InChI is InChI=1S/C43H47Cl2N5O5/c44-36-17-30(24-48-13-2-1-10-41(47)52)39(54-25-29-16-28(21-46)22-49-23-29)18-40(36)55-37-12-11-33-32(6-3-7-34(33)37)35-8-4-9-38(42(35)45)53-15-5-14-50-26-43(27-50)19-31(51)20-43/h3-4,6-9,16-18,22-23,31,37,48,51H,1-2,5,10-15,19-20,24-27H2,(H2,47,52)/t37-/m0/s1. The van der Waals surface area contributed by atoms with Crippen LogP contribution in [0.2, 0.25) is 10.0 Å². The number of benzene rings is 3. The molecule has 10 nitrogen and oxygen atoms in total. The van der Waals surface area contributed by atoms with Crippen LogP contribution in [0.3, 0.4) is 0 Å². The molecule has 0 radical (unpaired) electrons. The number of halogens is 2. The van der Waals surface area contributed by atoms with Crippen molar-refractivity contribution in [3.8, 4) is 34.4 Å². The maximum absolute atomic E-state index is 11.1. The van der Waals surface area contributed by atoms with Gasteiger partial charge in [0.2, 0.25) is 5.91 Å². The molecule has 2 fully saturated rings. The number of nitrogens with zero attached hydrogens (tertiary/aromatic N) is 3. The number of hydrogen-bond donors (Lipinski definition) is 3. The first-order valence-corrected chi connectivity index (χ1v) is 19.8. The molecule has 1 atom stereocenters. The van der Waals surface area contributed by atoms with E-state index in [0.717, 1.165) is 86.0 Å². The number of pyridine rings is 1. The van der Waals surface area contributed by atoms with Gasteiger partial charge in [0.1, 0.15) is 36.0 Å². The van der Waals surface area contributed by atoms with Crippen molar-refractivity contribution in [1.29, 1.82) is 5.26 Å². The zero-order valence-corrected chi connectivity index (χ0v) is 32.4. The summed E-state index contributed by atoms with van der Waals surface area (Å²) in [7, 11) is 0. The van der Waals surface area contributed by atoms with E-state index in [4.69, 9.17) is 43.1 Å². The van der Waals surface area contributed by atoms with Crippen molar-refractivity contribution in [2.75, 3.05) is 32.8 Å². The van der Waals surface area contributed by atoms with Gasteiger partial charge in [-0.15, -0.1) is 0 Å². The molecular formula is C43H47Cl2N5O5. The number of nitrogens with one attached hydrogen (secondary N) is 1. The minimum absolute atomic E-state index is 0.106. The predicted molar refractivity (Wildman–Crippen MR) is 212 cm³/mol. The van der Waals surface area contributed by atoms with Gasteiger partial charge < -0.3 is 35.3 Å². The first-order chi connectivity index (χ1) is 26.7. The molecule has 1 aromatic heterocycles. The number of fused-ring (bicyclic) bond motifs is 1. The average molecular weight is 785 g/mol. The van der Waals surface area contributed by atoms with Crippen molar-refractivity contribution in [3.63, 3.8) is 0 Å². The fraction of sp³-hybridized carbons (Fsp3) is 0.419. The van der Waals surface area contributed by atoms with Crippen LogP contribution in [0.5, 0.6) is 17.2 Å². The van der Waals surface area contributed by atoms with Crippen LogP contribution < -0.4 is 25.3 Å². The van der Waals surface area contributed by atoms with E-state index < -0.39 is 0 Å². The molecule has 0 bridgehead atoms. The summed E-state index contributed by atoms with van der Waals surface area (Å²) in [5.74, 6) is 1.50. The highest BCUT2D eigenvalue weighted by Crippen LogP contribution is 2.48. The van der Waals surface area contributed by atoms with E-state index in [9.17, 15) is 15.2 Å². The number of primary amides is 1. The molecule has 3 aliphatic rings. The molecule has 1 aliphatic heterocycles. The summed E-state index contributed by atoms with van der Waals surface area (Å²) in [6.45, 7) is 5.11. The Morgan fingerprint density at radius 1 is 1.02 bits per heavy atom. The van der Waals surface area contributed by atoms with E-state index >= 15 is 0 Å². The van der Waals surface area contributed by atoms with Crippen LogP contribution in [0.1, 0.15) is 78.9 Å². The van der Waals surface area contributed by atoms with E-state index in [-0.39, 0.29) is 24.7 Å². The lowest BCUT2D eigenvalue weighted by atomic mass is 9.62. The maximum Gasteiger partial charge on any atom is 0.217 e. The van der Waals surface area contributed by atoms with Gasteiger partial charge in [0.15, 0.2) is 0 Å². The van der Waals surface area contributed by atoms with E-state index in [1.54, 1.807) is 12.3 Å². The van der Waals surface area contributed by atoms with Crippen LogP contribution in [-0.2, 0) is 24.4 Å². The highest BCUT2D eigenvalue weighted by Gasteiger charge is 2.51. The fourth-order valence-corrected chi connectivity index (χ4v) is 8.72. The van der Waals surface area contributed by atoms with E-state index in [2.05, 4.69) is 33.4 Å². The number of hydrogen-bond acceptors (Lipinski definition) is 9. The largest absolute Gasteiger partial charge is 0.492 e. The van der Waals surface area contributed by atoms with E-state index in [1.165, 1.54) is 11.8 Å². The van der Waals surface area contributed by atoms with Gasteiger partial charge in [-0.05, 0) is 86.4 Å². The Hall–Kier alpha value is -4.37. The molecule has 1 amide bonds. The molecule has 55 heavy (non-hydrogen) atoms. The Morgan fingerprint density at radius 3 is 2.64 bits per heavy atom. The lowest BCUT2D eigenvalue weighted by molar-refractivity contribution is -0.128. The summed E-state index contributed by atoms with van der Waals surface area (Å²) in [6.07, 6.45) is 9.11. The molecule has 12 heteroatoms. The Kier molecular flexibility index (Phi) is 12.5. The van der Waals surface area contributed by atoms with Crippen molar-refractivity contribution in [1.82, 2.24) is 15.2 Å². The number of rotatable bonds is 18. The highest BCUT2D eigenvalue weighted by atomic mass is 35.5. The van der Waals surface area contributed by atoms with Crippen LogP contribution in [0.4, 0.5) is 0 Å². The summed E-state index contributed by atoms with van der Waals surface area (Å²) in [5, 5.41) is 23.5. The van der Waals surface area contributed by atoms with E-state index in [0.29, 0.717) is 70.8 Å². The average Bonchev–Trinajstić information content (AvgIpc) is 3.56. The topological polar surface area (TPSA) is 143 Å². The molecule has 4 N–H and O–H groups in total. The summed E-state index contributed by atoms with van der Waals surface area (Å²) in [6, 6.07) is 19.8. The lowest BCUT2D eigenvalue weighted by Gasteiger charge is -2.58. The van der Waals surface area contributed by atoms with Gasteiger partial charge in [0.25, 0.3) is 0 Å². The monoisotopic (exact) mass is 783 g/mol. The molecule has 0 unspecified atom stereocenters. The molecule has 2 heterocycles. The fourth-order valence-electron chi connectivity index (χ4n) is 8.20. The second kappa shape index (κ2) is 17.6. The second-order valence-electron chi connectivity index (χ2n) is 15.1. The number of nitrogens with two attached hydrogens (primary N) is 1. The van der Waals surface area contributed by atoms with Gasteiger partial charge in [-0.3, -0.25) is 9.78 Å². The number of carbonyl (C=O) groups excluding carboxylic acids is 1. The van der Waals surface area contributed by atoms with Crippen LogP contribution in [0.15, 0.2) is 67.0 Å². The number of aromatic nitrogens is 1. The van der Waals surface area contributed by atoms with Crippen molar-refractivity contribution in [2.45, 2.75) is 76.7 Å². The lowest BCUT2D eigenvalue weighted by Crippen LogP contribution is -2.63. The molecule has 2 aliphatic carbocycles.